The molecule has 1 aromatic rings. The third-order valence-electron chi connectivity index (χ3n) is 4.06. The van der Waals surface area contributed by atoms with Crippen LogP contribution in [0.15, 0.2) is 17.0 Å². The summed E-state index contributed by atoms with van der Waals surface area (Å²) >= 11 is 1.75. The van der Waals surface area contributed by atoms with Gasteiger partial charge in [0.15, 0.2) is 11.5 Å². The number of rotatable bonds is 6. The van der Waals surface area contributed by atoms with Gasteiger partial charge in [-0.3, -0.25) is 0 Å². The Bertz CT molecular complexity index is 450. The van der Waals surface area contributed by atoms with Crippen molar-refractivity contribution in [3.05, 3.63) is 17.7 Å². The lowest BCUT2D eigenvalue weighted by atomic mass is 10.1. The molecule has 2 unspecified atom stereocenters. The fourth-order valence-electron chi connectivity index (χ4n) is 2.88. The summed E-state index contributed by atoms with van der Waals surface area (Å²) in [6.07, 6.45) is 6.03. The fraction of sp³-hybridized carbons (Fsp3) is 0.625. The Morgan fingerprint density at radius 3 is 2.45 bits per heavy atom. The lowest BCUT2D eigenvalue weighted by Crippen LogP contribution is -2.26. The van der Waals surface area contributed by atoms with Crippen LogP contribution >= 0.6 is 11.8 Å². The van der Waals surface area contributed by atoms with Crippen molar-refractivity contribution in [2.75, 3.05) is 20.5 Å². The van der Waals surface area contributed by atoms with Gasteiger partial charge >= 0.3 is 0 Å². The van der Waals surface area contributed by atoms with Crippen LogP contribution in [0.4, 0.5) is 0 Å². The van der Waals surface area contributed by atoms with Crippen LogP contribution < -0.4 is 14.8 Å². The number of methoxy groups -OCH3 is 2. The molecule has 0 heterocycles. The Kier molecular flexibility index (Phi) is 5.61. The van der Waals surface area contributed by atoms with Crippen LogP contribution in [0.2, 0.25) is 0 Å². The molecule has 1 fully saturated rings. The molecule has 1 N–H and O–H groups in total. The van der Waals surface area contributed by atoms with E-state index in [4.69, 9.17) is 9.47 Å². The van der Waals surface area contributed by atoms with E-state index in [0.717, 1.165) is 24.0 Å². The normalized spacial score (nSPS) is 22.0. The summed E-state index contributed by atoms with van der Waals surface area (Å²) in [7, 11) is 3.37. The van der Waals surface area contributed by atoms with E-state index in [9.17, 15) is 0 Å². The van der Waals surface area contributed by atoms with E-state index in [1.807, 2.05) is 0 Å². The van der Waals surface area contributed by atoms with Gasteiger partial charge in [0.25, 0.3) is 0 Å². The van der Waals surface area contributed by atoms with Crippen LogP contribution in [0.25, 0.3) is 0 Å². The lowest BCUT2D eigenvalue weighted by molar-refractivity contribution is 0.353. The molecular weight excluding hydrogens is 270 g/mol. The van der Waals surface area contributed by atoms with Crippen molar-refractivity contribution in [2.45, 2.75) is 43.7 Å². The predicted molar refractivity (Wildman–Crippen MR) is 85.0 cm³/mol. The van der Waals surface area contributed by atoms with Gasteiger partial charge in [-0.1, -0.05) is 6.92 Å². The van der Waals surface area contributed by atoms with Gasteiger partial charge in [0.2, 0.25) is 0 Å². The Morgan fingerprint density at radius 2 is 1.90 bits per heavy atom. The highest BCUT2D eigenvalue weighted by Crippen LogP contribution is 2.35. The van der Waals surface area contributed by atoms with Gasteiger partial charge in [-0.05, 0) is 49.1 Å². The zero-order valence-electron chi connectivity index (χ0n) is 12.9. The molecule has 0 amide bonds. The van der Waals surface area contributed by atoms with Gasteiger partial charge in [-0.15, -0.1) is 11.8 Å². The van der Waals surface area contributed by atoms with Crippen molar-refractivity contribution in [3.8, 4) is 11.5 Å². The van der Waals surface area contributed by atoms with E-state index >= 15 is 0 Å². The molecule has 1 aromatic carbocycles. The number of nitrogens with one attached hydrogen (secondary N) is 1. The second-order valence-corrected chi connectivity index (χ2v) is 6.36. The second kappa shape index (κ2) is 7.23. The summed E-state index contributed by atoms with van der Waals surface area (Å²) in [5.41, 5.74) is 1.29. The Hall–Kier alpha value is -0.870. The van der Waals surface area contributed by atoms with E-state index in [-0.39, 0.29) is 0 Å². The lowest BCUT2D eigenvalue weighted by Gasteiger charge is -2.17. The Labute approximate surface area is 126 Å². The number of benzene rings is 1. The molecule has 112 valence electrons. The SMILES string of the molecule is COc1cc(CNC2CCC(C)C2)c(SC)cc1OC. The molecule has 1 saturated carbocycles. The summed E-state index contributed by atoms with van der Waals surface area (Å²) in [6.45, 7) is 3.24. The maximum atomic E-state index is 5.40. The van der Waals surface area contributed by atoms with Gasteiger partial charge in [0, 0.05) is 17.5 Å². The first-order chi connectivity index (χ1) is 9.67. The van der Waals surface area contributed by atoms with Crippen molar-refractivity contribution in [1.82, 2.24) is 5.32 Å². The van der Waals surface area contributed by atoms with E-state index in [0.29, 0.717) is 6.04 Å². The smallest absolute Gasteiger partial charge is 0.161 e. The first-order valence-corrected chi connectivity index (χ1v) is 8.42. The highest BCUT2D eigenvalue weighted by Gasteiger charge is 2.21. The molecule has 0 bridgehead atoms. The van der Waals surface area contributed by atoms with Crippen molar-refractivity contribution in [2.24, 2.45) is 5.92 Å². The van der Waals surface area contributed by atoms with Crippen LogP contribution in [0.5, 0.6) is 11.5 Å². The predicted octanol–water partition coefficient (Wildman–Crippen LogP) is 3.70. The number of hydrogen-bond donors (Lipinski definition) is 1. The molecule has 0 spiro atoms. The zero-order chi connectivity index (χ0) is 14.5. The number of thioether (sulfide) groups is 1. The number of ether oxygens (including phenoxy) is 2. The van der Waals surface area contributed by atoms with Crippen molar-refractivity contribution < 1.29 is 9.47 Å². The Morgan fingerprint density at radius 1 is 1.20 bits per heavy atom. The topological polar surface area (TPSA) is 30.5 Å². The van der Waals surface area contributed by atoms with Crippen molar-refractivity contribution >= 4 is 11.8 Å². The van der Waals surface area contributed by atoms with Gasteiger partial charge < -0.3 is 14.8 Å². The standard InChI is InChI=1S/C16H25NO2S/c1-11-5-6-13(7-11)17-10-12-8-14(18-2)15(19-3)9-16(12)20-4/h8-9,11,13,17H,5-7,10H2,1-4H3. The van der Waals surface area contributed by atoms with Crippen LogP contribution in [-0.4, -0.2) is 26.5 Å². The van der Waals surface area contributed by atoms with Crippen LogP contribution in [-0.2, 0) is 6.54 Å². The van der Waals surface area contributed by atoms with Crippen LogP contribution in [0, 0.1) is 5.92 Å². The van der Waals surface area contributed by atoms with E-state index in [1.165, 1.54) is 29.7 Å². The third kappa shape index (κ3) is 3.61. The molecule has 1 aliphatic rings. The molecule has 4 heteroatoms. The van der Waals surface area contributed by atoms with Gasteiger partial charge in [0.1, 0.15) is 0 Å². The minimum atomic E-state index is 0.660. The first-order valence-electron chi connectivity index (χ1n) is 7.20. The Balaban J connectivity index is 2.09. The summed E-state index contributed by atoms with van der Waals surface area (Å²) in [4.78, 5) is 1.25. The van der Waals surface area contributed by atoms with Crippen molar-refractivity contribution in [1.29, 1.82) is 0 Å². The van der Waals surface area contributed by atoms with E-state index in [2.05, 4.69) is 30.6 Å². The molecule has 3 nitrogen and oxygen atoms in total. The highest BCUT2D eigenvalue weighted by molar-refractivity contribution is 7.98. The van der Waals surface area contributed by atoms with Crippen molar-refractivity contribution in [3.63, 3.8) is 0 Å². The first kappa shape index (κ1) is 15.5. The summed E-state index contributed by atoms with van der Waals surface area (Å²) in [6, 6.07) is 4.82. The van der Waals surface area contributed by atoms with Gasteiger partial charge in [-0.2, -0.15) is 0 Å². The van der Waals surface area contributed by atoms with Crippen LogP contribution in [0.3, 0.4) is 0 Å². The molecule has 2 rings (SSSR count). The largest absolute Gasteiger partial charge is 0.493 e. The molecule has 0 aliphatic heterocycles. The van der Waals surface area contributed by atoms with E-state index < -0.39 is 0 Å². The molecule has 2 atom stereocenters. The maximum Gasteiger partial charge on any atom is 0.161 e. The van der Waals surface area contributed by atoms with Gasteiger partial charge in [0.05, 0.1) is 14.2 Å². The average Bonchev–Trinajstić information content (AvgIpc) is 2.89. The van der Waals surface area contributed by atoms with E-state index in [1.54, 1.807) is 26.0 Å². The molecule has 0 saturated heterocycles. The summed E-state index contributed by atoms with van der Waals surface area (Å²) < 4.78 is 10.8. The highest BCUT2D eigenvalue weighted by atomic mass is 32.2. The molecule has 0 radical (unpaired) electrons. The van der Waals surface area contributed by atoms with Gasteiger partial charge in [-0.25, -0.2) is 0 Å². The zero-order valence-corrected chi connectivity index (χ0v) is 13.7. The minimum Gasteiger partial charge on any atom is -0.493 e. The number of hydrogen-bond acceptors (Lipinski definition) is 4. The fourth-order valence-corrected chi connectivity index (χ4v) is 3.50. The molecular formula is C16H25NO2S. The maximum absolute atomic E-state index is 5.40. The third-order valence-corrected chi connectivity index (χ3v) is 4.88. The quantitative estimate of drug-likeness (QED) is 0.811. The minimum absolute atomic E-state index is 0.660. The summed E-state index contributed by atoms with van der Waals surface area (Å²) in [5.74, 6) is 2.47. The average molecular weight is 295 g/mol. The second-order valence-electron chi connectivity index (χ2n) is 5.52. The summed E-state index contributed by atoms with van der Waals surface area (Å²) in [5, 5.41) is 3.68. The monoisotopic (exact) mass is 295 g/mol. The molecule has 0 aromatic heterocycles. The van der Waals surface area contributed by atoms with Crippen LogP contribution in [0.1, 0.15) is 31.7 Å². The molecule has 1 aliphatic carbocycles. The molecule has 20 heavy (non-hydrogen) atoms.